The second kappa shape index (κ2) is 6.96. The summed E-state index contributed by atoms with van der Waals surface area (Å²) in [5, 5.41) is 1.05. The quantitative estimate of drug-likeness (QED) is 0.838. The summed E-state index contributed by atoms with van der Waals surface area (Å²) in [5.41, 5.74) is 0.507. The fraction of sp³-hybridized carbons (Fsp3) is 0.526. The van der Waals surface area contributed by atoms with Gasteiger partial charge >= 0.3 is 6.09 Å². The van der Waals surface area contributed by atoms with Crippen LogP contribution in [-0.2, 0) is 4.74 Å². The van der Waals surface area contributed by atoms with Crippen LogP contribution >= 0.6 is 0 Å². The van der Waals surface area contributed by atoms with Gasteiger partial charge in [0.25, 0.3) is 0 Å². The Morgan fingerprint density at radius 3 is 2.52 bits per heavy atom. The molecule has 3 rings (SSSR count). The molecule has 1 aliphatic heterocycles. The number of carbonyl (C=O) groups is 1. The molecule has 2 aromatic rings. The van der Waals surface area contributed by atoms with E-state index in [0.29, 0.717) is 13.1 Å². The zero-order chi connectivity index (χ0) is 18.0. The van der Waals surface area contributed by atoms with E-state index in [1.807, 2.05) is 51.2 Å². The normalized spacial score (nSPS) is 17.5. The van der Waals surface area contributed by atoms with Crippen LogP contribution in [0.3, 0.4) is 0 Å². The Balaban J connectivity index is 1.62. The van der Waals surface area contributed by atoms with E-state index in [1.54, 1.807) is 4.90 Å². The van der Waals surface area contributed by atoms with E-state index < -0.39 is 5.60 Å². The van der Waals surface area contributed by atoms with Gasteiger partial charge in [0.1, 0.15) is 11.4 Å². The molecule has 1 aromatic heterocycles. The van der Waals surface area contributed by atoms with Crippen LogP contribution in [0, 0.1) is 0 Å². The first-order chi connectivity index (χ1) is 11.8. The largest absolute Gasteiger partial charge is 0.444 e. The van der Waals surface area contributed by atoms with Crippen LogP contribution in [0.2, 0.25) is 0 Å². The highest BCUT2D eigenvalue weighted by atomic mass is 16.6. The van der Waals surface area contributed by atoms with Crippen LogP contribution in [0.25, 0.3) is 10.9 Å². The third-order valence-electron chi connectivity index (χ3n) is 4.40. The van der Waals surface area contributed by atoms with Gasteiger partial charge in [-0.05, 0) is 33.8 Å². The summed E-state index contributed by atoms with van der Waals surface area (Å²) in [7, 11) is 0. The summed E-state index contributed by atoms with van der Waals surface area (Å²) in [6, 6.07) is 8.12. The summed E-state index contributed by atoms with van der Waals surface area (Å²) in [6.07, 6.45) is 1.65. The maximum Gasteiger partial charge on any atom is 0.410 e. The van der Waals surface area contributed by atoms with Crippen LogP contribution in [0.5, 0.6) is 0 Å². The van der Waals surface area contributed by atoms with Crippen molar-refractivity contribution in [2.45, 2.75) is 39.3 Å². The zero-order valence-corrected chi connectivity index (χ0v) is 15.4. The maximum absolute atomic E-state index is 12.2. The first kappa shape index (κ1) is 17.6. The molecule has 25 heavy (non-hydrogen) atoms. The second-order valence-corrected chi connectivity index (χ2v) is 7.47. The zero-order valence-electron chi connectivity index (χ0n) is 15.4. The Morgan fingerprint density at radius 2 is 1.84 bits per heavy atom. The van der Waals surface area contributed by atoms with E-state index in [9.17, 15) is 4.79 Å². The molecule has 0 bridgehead atoms. The van der Waals surface area contributed by atoms with Crippen molar-refractivity contribution in [1.29, 1.82) is 0 Å². The van der Waals surface area contributed by atoms with Gasteiger partial charge in [0.15, 0.2) is 0 Å². The van der Waals surface area contributed by atoms with Crippen molar-refractivity contribution in [3.8, 4) is 0 Å². The van der Waals surface area contributed by atoms with Crippen LogP contribution < -0.4 is 0 Å². The predicted molar refractivity (Wildman–Crippen MR) is 97.3 cm³/mol. The average molecular weight is 342 g/mol. The van der Waals surface area contributed by atoms with Crippen molar-refractivity contribution < 1.29 is 9.53 Å². The molecule has 1 aliphatic rings. The van der Waals surface area contributed by atoms with Gasteiger partial charge in [0.05, 0.1) is 11.6 Å². The SMILES string of the molecule is C[C@H](c1ncc2ccccc2n1)N1CCN(C(=O)OC(C)(C)C)CC1. The number of nitrogens with zero attached hydrogens (tertiary/aromatic N) is 4. The lowest BCUT2D eigenvalue weighted by Crippen LogP contribution is -2.50. The molecular formula is C19H26N4O2. The molecule has 0 radical (unpaired) electrons. The average Bonchev–Trinajstić information content (AvgIpc) is 2.59. The van der Waals surface area contributed by atoms with Crippen molar-refractivity contribution in [2.24, 2.45) is 0 Å². The van der Waals surface area contributed by atoms with Crippen molar-refractivity contribution >= 4 is 17.0 Å². The van der Waals surface area contributed by atoms with Gasteiger partial charge in [0, 0.05) is 37.8 Å². The van der Waals surface area contributed by atoms with E-state index in [1.165, 1.54) is 0 Å². The number of ether oxygens (including phenoxy) is 1. The molecule has 1 atom stereocenters. The molecule has 0 aliphatic carbocycles. The fourth-order valence-electron chi connectivity index (χ4n) is 2.97. The van der Waals surface area contributed by atoms with E-state index in [2.05, 4.69) is 16.8 Å². The minimum atomic E-state index is -0.458. The van der Waals surface area contributed by atoms with Crippen LogP contribution in [0.1, 0.15) is 39.6 Å². The van der Waals surface area contributed by atoms with E-state index in [-0.39, 0.29) is 12.1 Å². The molecule has 1 saturated heterocycles. The van der Waals surface area contributed by atoms with E-state index >= 15 is 0 Å². The molecule has 6 nitrogen and oxygen atoms in total. The summed E-state index contributed by atoms with van der Waals surface area (Å²) >= 11 is 0. The monoisotopic (exact) mass is 342 g/mol. The van der Waals surface area contributed by atoms with E-state index in [0.717, 1.165) is 29.8 Å². The first-order valence-electron chi connectivity index (χ1n) is 8.77. The molecule has 0 saturated carbocycles. The molecule has 1 fully saturated rings. The van der Waals surface area contributed by atoms with Crippen molar-refractivity contribution in [3.05, 3.63) is 36.3 Å². The van der Waals surface area contributed by atoms with Crippen LogP contribution in [0.15, 0.2) is 30.5 Å². The maximum atomic E-state index is 12.2. The second-order valence-electron chi connectivity index (χ2n) is 7.47. The molecule has 1 amide bonds. The minimum absolute atomic E-state index is 0.116. The highest BCUT2D eigenvalue weighted by Crippen LogP contribution is 2.21. The predicted octanol–water partition coefficient (Wildman–Crippen LogP) is 3.24. The summed E-state index contributed by atoms with van der Waals surface area (Å²) in [4.78, 5) is 25.5. The van der Waals surface area contributed by atoms with Crippen molar-refractivity contribution in [1.82, 2.24) is 19.8 Å². The number of benzene rings is 1. The molecule has 0 unspecified atom stereocenters. The third-order valence-corrected chi connectivity index (χ3v) is 4.40. The number of aromatic nitrogens is 2. The smallest absolute Gasteiger partial charge is 0.410 e. The lowest BCUT2D eigenvalue weighted by Gasteiger charge is -2.37. The Labute approximate surface area is 148 Å². The molecule has 0 N–H and O–H groups in total. The standard InChI is InChI=1S/C19H26N4O2/c1-14(17-20-13-15-7-5-6-8-16(15)21-17)22-9-11-23(12-10-22)18(24)25-19(2,3)4/h5-8,13-14H,9-12H2,1-4H3/t14-/m1/s1. The number of rotatable bonds is 2. The lowest BCUT2D eigenvalue weighted by molar-refractivity contribution is 0.0107. The first-order valence-corrected chi connectivity index (χ1v) is 8.77. The molecule has 0 spiro atoms. The Hall–Kier alpha value is -2.21. The van der Waals surface area contributed by atoms with Crippen molar-refractivity contribution in [2.75, 3.05) is 26.2 Å². The number of amides is 1. The molecule has 1 aromatic carbocycles. The summed E-state index contributed by atoms with van der Waals surface area (Å²) in [6.45, 7) is 10.7. The number of carbonyl (C=O) groups excluding carboxylic acids is 1. The molecule has 134 valence electrons. The molecular weight excluding hydrogens is 316 g/mol. The number of piperazine rings is 1. The van der Waals surface area contributed by atoms with Gasteiger partial charge in [-0.15, -0.1) is 0 Å². The van der Waals surface area contributed by atoms with Crippen LogP contribution in [0.4, 0.5) is 4.79 Å². The topological polar surface area (TPSA) is 58.6 Å². The minimum Gasteiger partial charge on any atom is -0.444 e. The van der Waals surface area contributed by atoms with Crippen LogP contribution in [-0.4, -0.2) is 57.6 Å². The number of fused-ring (bicyclic) bond motifs is 1. The highest BCUT2D eigenvalue weighted by Gasteiger charge is 2.28. The van der Waals surface area contributed by atoms with Gasteiger partial charge in [0.2, 0.25) is 0 Å². The van der Waals surface area contributed by atoms with Gasteiger partial charge < -0.3 is 9.64 Å². The Kier molecular flexibility index (Phi) is 4.90. The number of para-hydroxylation sites is 1. The van der Waals surface area contributed by atoms with Gasteiger partial charge in [-0.25, -0.2) is 14.8 Å². The lowest BCUT2D eigenvalue weighted by atomic mass is 10.2. The summed E-state index contributed by atoms with van der Waals surface area (Å²) in [5.74, 6) is 0.824. The van der Waals surface area contributed by atoms with Crippen molar-refractivity contribution in [3.63, 3.8) is 0 Å². The number of hydrogen-bond acceptors (Lipinski definition) is 5. The van der Waals surface area contributed by atoms with Gasteiger partial charge in [-0.3, -0.25) is 4.90 Å². The number of hydrogen-bond donors (Lipinski definition) is 0. The van der Waals surface area contributed by atoms with Gasteiger partial charge in [-0.1, -0.05) is 18.2 Å². The Morgan fingerprint density at radius 1 is 1.16 bits per heavy atom. The van der Waals surface area contributed by atoms with Gasteiger partial charge in [-0.2, -0.15) is 0 Å². The highest BCUT2D eigenvalue weighted by molar-refractivity contribution is 5.77. The molecule has 2 heterocycles. The fourth-order valence-corrected chi connectivity index (χ4v) is 2.97. The Bertz CT molecular complexity index is 748. The molecule has 6 heteroatoms. The third kappa shape index (κ3) is 4.25. The van der Waals surface area contributed by atoms with E-state index in [4.69, 9.17) is 9.72 Å². The summed E-state index contributed by atoms with van der Waals surface area (Å²) < 4.78 is 5.45.